The first kappa shape index (κ1) is 11.9. The van der Waals surface area contributed by atoms with E-state index in [2.05, 4.69) is 11.2 Å². The highest BCUT2D eigenvalue weighted by Crippen LogP contribution is 1.84. The monoisotopic (exact) mass is 185 g/mol. The van der Waals surface area contributed by atoms with Gasteiger partial charge in [-0.05, 0) is 0 Å². The van der Waals surface area contributed by atoms with Crippen LogP contribution < -0.4 is 5.32 Å². The van der Waals surface area contributed by atoms with E-state index in [1.54, 1.807) is 0 Å². The van der Waals surface area contributed by atoms with Crippen molar-refractivity contribution >= 4 is 5.91 Å². The number of hydrogen-bond acceptors (Lipinski definition) is 3. The van der Waals surface area contributed by atoms with Crippen LogP contribution in [0.5, 0.6) is 0 Å². The number of ether oxygens (including phenoxy) is 1. The van der Waals surface area contributed by atoms with Crippen LogP contribution in [0.3, 0.4) is 0 Å². The molecule has 0 fully saturated rings. The first-order valence-corrected chi connectivity index (χ1v) is 4.20. The summed E-state index contributed by atoms with van der Waals surface area (Å²) in [4.78, 5) is 10.9. The summed E-state index contributed by atoms with van der Waals surface area (Å²) in [5, 5.41) is 11.0. The molecule has 0 aromatic rings. The number of rotatable bonds is 7. The van der Waals surface area contributed by atoms with Gasteiger partial charge in [-0.15, -0.1) is 12.3 Å². The fourth-order valence-corrected chi connectivity index (χ4v) is 0.703. The van der Waals surface area contributed by atoms with Crippen LogP contribution in [-0.4, -0.2) is 37.4 Å². The van der Waals surface area contributed by atoms with E-state index in [0.29, 0.717) is 32.6 Å². The van der Waals surface area contributed by atoms with Crippen molar-refractivity contribution in [3.63, 3.8) is 0 Å². The van der Waals surface area contributed by atoms with Gasteiger partial charge in [0.05, 0.1) is 19.8 Å². The molecule has 1 amide bonds. The summed E-state index contributed by atoms with van der Waals surface area (Å²) in [5.41, 5.74) is 0. The molecule has 0 radical (unpaired) electrons. The molecule has 2 N–H and O–H groups in total. The van der Waals surface area contributed by atoms with Gasteiger partial charge < -0.3 is 15.2 Å². The molecule has 0 aromatic carbocycles. The number of terminal acetylenes is 1. The van der Waals surface area contributed by atoms with Gasteiger partial charge in [-0.3, -0.25) is 4.79 Å². The first-order chi connectivity index (χ1) is 6.31. The second kappa shape index (κ2) is 9.04. The van der Waals surface area contributed by atoms with E-state index >= 15 is 0 Å². The third kappa shape index (κ3) is 8.86. The lowest BCUT2D eigenvalue weighted by molar-refractivity contribution is -0.121. The number of aliphatic hydroxyl groups is 1. The smallest absolute Gasteiger partial charge is 0.221 e. The molecular formula is C9H15NO3. The van der Waals surface area contributed by atoms with Crippen LogP contribution in [0.4, 0.5) is 0 Å². The Morgan fingerprint density at radius 1 is 1.54 bits per heavy atom. The quantitative estimate of drug-likeness (QED) is 0.416. The van der Waals surface area contributed by atoms with E-state index in [0.717, 1.165) is 0 Å². The van der Waals surface area contributed by atoms with Crippen molar-refractivity contribution < 1.29 is 14.6 Å². The fourth-order valence-electron chi connectivity index (χ4n) is 0.703. The highest BCUT2D eigenvalue weighted by atomic mass is 16.5. The summed E-state index contributed by atoms with van der Waals surface area (Å²) >= 11 is 0. The van der Waals surface area contributed by atoms with E-state index < -0.39 is 0 Å². The molecule has 0 saturated heterocycles. The Morgan fingerprint density at radius 3 is 2.92 bits per heavy atom. The first-order valence-electron chi connectivity index (χ1n) is 4.20. The Kier molecular flexibility index (Phi) is 8.31. The van der Waals surface area contributed by atoms with Crippen molar-refractivity contribution in [1.29, 1.82) is 0 Å². The number of aliphatic hydroxyl groups excluding tert-OH is 1. The van der Waals surface area contributed by atoms with Gasteiger partial charge in [-0.2, -0.15) is 0 Å². The molecule has 74 valence electrons. The van der Waals surface area contributed by atoms with Crippen molar-refractivity contribution in [3.05, 3.63) is 0 Å². The normalized spacial score (nSPS) is 9.23. The Hall–Kier alpha value is -1.05. The molecule has 0 bridgehead atoms. The summed E-state index contributed by atoms with van der Waals surface area (Å²) in [6.45, 7) is 1.19. The van der Waals surface area contributed by atoms with E-state index in [9.17, 15) is 4.79 Å². The lowest BCUT2D eigenvalue weighted by Gasteiger charge is -2.03. The molecule has 0 aliphatic heterocycles. The van der Waals surface area contributed by atoms with Gasteiger partial charge >= 0.3 is 0 Å². The van der Waals surface area contributed by atoms with Crippen molar-refractivity contribution in [2.45, 2.75) is 12.8 Å². The average Bonchev–Trinajstić information content (AvgIpc) is 2.14. The Balaban J connectivity index is 3.13. The number of hydrogen-bond donors (Lipinski definition) is 2. The lowest BCUT2D eigenvalue weighted by Crippen LogP contribution is -2.27. The van der Waals surface area contributed by atoms with Gasteiger partial charge in [0.2, 0.25) is 5.91 Å². The van der Waals surface area contributed by atoms with Gasteiger partial charge in [0.25, 0.3) is 0 Å². The number of carbonyl (C=O) groups excluding carboxylic acids is 1. The van der Waals surface area contributed by atoms with E-state index in [1.165, 1.54) is 0 Å². The SMILES string of the molecule is C#CCCC(=O)NCCOCCO. The molecule has 4 nitrogen and oxygen atoms in total. The molecule has 0 spiro atoms. The maximum Gasteiger partial charge on any atom is 0.221 e. The van der Waals surface area contributed by atoms with Gasteiger partial charge in [0.1, 0.15) is 0 Å². The minimum absolute atomic E-state index is 0.00500. The van der Waals surface area contributed by atoms with Crippen LogP contribution in [-0.2, 0) is 9.53 Å². The second-order valence-electron chi connectivity index (χ2n) is 2.39. The highest BCUT2D eigenvalue weighted by molar-refractivity contribution is 5.76. The Bertz CT molecular complexity index is 174. The van der Waals surface area contributed by atoms with Crippen molar-refractivity contribution in [3.8, 4) is 12.3 Å². The molecule has 4 heteroatoms. The molecule has 0 aliphatic carbocycles. The van der Waals surface area contributed by atoms with Gasteiger partial charge in [-0.1, -0.05) is 0 Å². The zero-order valence-electron chi connectivity index (χ0n) is 7.58. The van der Waals surface area contributed by atoms with E-state index in [1.807, 2.05) is 0 Å². The summed E-state index contributed by atoms with van der Waals surface area (Å²) < 4.78 is 4.93. The molecule has 13 heavy (non-hydrogen) atoms. The molecule has 0 saturated carbocycles. The van der Waals surface area contributed by atoms with Crippen LogP contribution in [0.2, 0.25) is 0 Å². The largest absolute Gasteiger partial charge is 0.394 e. The predicted octanol–water partition coefficient (Wildman–Crippen LogP) is -0.475. The molecule has 0 rings (SSSR count). The zero-order valence-corrected chi connectivity index (χ0v) is 7.58. The lowest BCUT2D eigenvalue weighted by atomic mass is 10.3. The Morgan fingerprint density at radius 2 is 2.31 bits per heavy atom. The molecule has 0 heterocycles. The molecule has 0 unspecified atom stereocenters. The number of amides is 1. The minimum Gasteiger partial charge on any atom is -0.394 e. The number of nitrogens with one attached hydrogen (secondary N) is 1. The molecule has 0 aromatic heterocycles. The van der Waals surface area contributed by atoms with Crippen LogP contribution in [0.15, 0.2) is 0 Å². The van der Waals surface area contributed by atoms with Crippen molar-refractivity contribution in [2.75, 3.05) is 26.4 Å². The van der Waals surface area contributed by atoms with Gasteiger partial charge in [-0.25, -0.2) is 0 Å². The van der Waals surface area contributed by atoms with Crippen LogP contribution in [0.25, 0.3) is 0 Å². The summed E-state index contributed by atoms with van der Waals surface area (Å²) in [6.07, 6.45) is 5.81. The predicted molar refractivity (Wildman–Crippen MR) is 49.0 cm³/mol. The third-order valence-electron chi connectivity index (χ3n) is 1.30. The zero-order chi connectivity index (χ0) is 9.94. The van der Waals surface area contributed by atoms with Crippen LogP contribution in [0.1, 0.15) is 12.8 Å². The molecule has 0 atom stereocenters. The van der Waals surface area contributed by atoms with E-state index in [-0.39, 0.29) is 12.5 Å². The van der Waals surface area contributed by atoms with E-state index in [4.69, 9.17) is 16.3 Å². The standard InChI is InChI=1S/C9H15NO3/c1-2-3-4-9(12)10-5-7-13-8-6-11/h1,11H,3-8H2,(H,10,12). The van der Waals surface area contributed by atoms with Crippen LogP contribution >= 0.6 is 0 Å². The average molecular weight is 185 g/mol. The Labute approximate surface area is 78.3 Å². The third-order valence-corrected chi connectivity index (χ3v) is 1.30. The van der Waals surface area contributed by atoms with Crippen molar-refractivity contribution in [2.24, 2.45) is 0 Å². The van der Waals surface area contributed by atoms with Crippen molar-refractivity contribution in [1.82, 2.24) is 5.32 Å². The van der Waals surface area contributed by atoms with Gasteiger partial charge in [0, 0.05) is 19.4 Å². The number of carbonyl (C=O) groups is 1. The van der Waals surface area contributed by atoms with Gasteiger partial charge in [0.15, 0.2) is 0 Å². The second-order valence-corrected chi connectivity index (χ2v) is 2.39. The maximum absolute atomic E-state index is 10.9. The highest BCUT2D eigenvalue weighted by Gasteiger charge is 1.97. The topological polar surface area (TPSA) is 58.6 Å². The summed E-state index contributed by atoms with van der Waals surface area (Å²) in [7, 11) is 0. The molecule has 0 aliphatic rings. The molecular weight excluding hydrogens is 170 g/mol. The minimum atomic E-state index is -0.0643. The fraction of sp³-hybridized carbons (Fsp3) is 0.667. The van der Waals surface area contributed by atoms with Crippen LogP contribution in [0, 0.1) is 12.3 Å². The summed E-state index contributed by atoms with van der Waals surface area (Å²) in [5.74, 6) is 2.32. The summed E-state index contributed by atoms with van der Waals surface area (Å²) in [6, 6.07) is 0. The maximum atomic E-state index is 10.9.